The fourth-order valence-electron chi connectivity index (χ4n) is 0.589. The summed E-state index contributed by atoms with van der Waals surface area (Å²) in [6.45, 7) is 6.23. The molecule has 0 bridgehead atoms. The SMILES string of the molecule is CC(C)(CN=NCC(C)(C)C(=O)O)C(=O)O. The van der Waals surface area contributed by atoms with Crippen LogP contribution in [0.1, 0.15) is 27.7 Å². The predicted octanol–water partition coefficient (Wildman–Crippen LogP) is 1.66. The number of hydrogen-bond acceptors (Lipinski definition) is 4. The van der Waals surface area contributed by atoms with Crippen molar-refractivity contribution in [1.82, 2.24) is 0 Å². The highest BCUT2D eigenvalue weighted by Crippen LogP contribution is 2.18. The summed E-state index contributed by atoms with van der Waals surface area (Å²) in [4.78, 5) is 21.4. The van der Waals surface area contributed by atoms with E-state index in [1.807, 2.05) is 0 Å². The van der Waals surface area contributed by atoms with E-state index in [-0.39, 0.29) is 13.1 Å². The van der Waals surface area contributed by atoms with Crippen LogP contribution in [-0.2, 0) is 9.59 Å². The molecule has 0 aromatic carbocycles. The van der Waals surface area contributed by atoms with Crippen LogP contribution in [-0.4, -0.2) is 35.2 Å². The summed E-state index contributed by atoms with van der Waals surface area (Å²) in [7, 11) is 0. The molecule has 0 aromatic heterocycles. The van der Waals surface area contributed by atoms with E-state index < -0.39 is 22.8 Å². The molecule has 0 amide bonds. The number of carboxylic acid groups (broad SMARTS) is 2. The second kappa shape index (κ2) is 5.05. The molecule has 0 aliphatic heterocycles. The lowest BCUT2D eigenvalue weighted by molar-refractivity contribution is -0.147. The summed E-state index contributed by atoms with van der Waals surface area (Å²) >= 11 is 0. The van der Waals surface area contributed by atoms with Gasteiger partial charge in [0.05, 0.1) is 23.9 Å². The smallest absolute Gasteiger partial charge is 0.311 e. The largest absolute Gasteiger partial charge is 0.481 e. The molecule has 0 saturated carbocycles. The monoisotopic (exact) mass is 230 g/mol. The van der Waals surface area contributed by atoms with E-state index in [2.05, 4.69) is 10.2 Å². The van der Waals surface area contributed by atoms with Gasteiger partial charge >= 0.3 is 11.9 Å². The number of azo groups is 1. The zero-order chi connectivity index (χ0) is 13.0. The van der Waals surface area contributed by atoms with Gasteiger partial charge in [-0.15, -0.1) is 0 Å². The molecule has 0 saturated heterocycles. The van der Waals surface area contributed by atoms with Crippen LogP contribution in [0, 0.1) is 10.8 Å². The highest BCUT2D eigenvalue weighted by atomic mass is 16.4. The third-order valence-electron chi connectivity index (χ3n) is 2.19. The van der Waals surface area contributed by atoms with Crippen molar-refractivity contribution in [1.29, 1.82) is 0 Å². The predicted molar refractivity (Wildman–Crippen MR) is 57.4 cm³/mol. The molecule has 0 fully saturated rings. The lowest BCUT2D eigenvalue weighted by atomic mass is 9.94. The molecule has 0 atom stereocenters. The Morgan fingerprint density at radius 1 is 0.875 bits per heavy atom. The van der Waals surface area contributed by atoms with E-state index in [4.69, 9.17) is 10.2 Å². The van der Waals surface area contributed by atoms with Crippen molar-refractivity contribution in [3.8, 4) is 0 Å². The fourth-order valence-corrected chi connectivity index (χ4v) is 0.589. The van der Waals surface area contributed by atoms with E-state index in [0.717, 1.165) is 0 Å². The Bertz CT molecular complexity index is 278. The van der Waals surface area contributed by atoms with Gasteiger partial charge in [-0.1, -0.05) is 0 Å². The van der Waals surface area contributed by atoms with Crippen LogP contribution in [0.3, 0.4) is 0 Å². The Hall–Kier alpha value is -1.46. The van der Waals surface area contributed by atoms with Gasteiger partial charge in [0.15, 0.2) is 0 Å². The summed E-state index contributed by atoms with van der Waals surface area (Å²) in [5.74, 6) is -1.91. The molecule has 0 heterocycles. The molecule has 2 N–H and O–H groups in total. The summed E-state index contributed by atoms with van der Waals surface area (Å²) in [6, 6.07) is 0. The Kier molecular flexibility index (Phi) is 4.59. The van der Waals surface area contributed by atoms with E-state index in [1.165, 1.54) is 27.7 Å². The number of aliphatic carboxylic acids is 2. The first kappa shape index (κ1) is 14.5. The molecule has 0 radical (unpaired) electrons. The molecule has 92 valence electrons. The molecular formula is C10H18N2O4. The molecular weight excluding hydrogens is 212 g/mol. The maximum Gasteiger partial charge on any atom is 0.311 e. The van der Waals surface area contributed by atoms with Crippen molar-refractivity contribution in [2.24, 2.45) is 21.1 Å². The standard InChI is InChI=1S/C10H18N2O4/c1-9(2,7(13)14)5-11-12-6-10(3,4)8(15)16/h5-6H2,1-4H3,(H,13,14)(H,15,16). The molecule has 0 aliphatic rings. The van der Waals surface area contributed by atoms with Crippen molar-refractivity contribution >= 4 is 11.9 Å². The van der Waals surface area contributed by atoms with Crippen LogP contribution in [0.4, 0.5) is 0 Å². The maximum atomic E-state index is 10.7. The van der Waals surface area contributed by atoms with Gasteiger partial charge < -0.3 is 10.2 Å². The van der Waals surface area contributed by atoms with Crippen LogP contribution in [0.15, 0.2) is 10.2 Å². The van der Waals surface area contributed by atoms with Gasteiger partial charge in [-0.2, -0.15) is 10.2 Å². The van der Waals surface area contributed by atoms with Gasteiger partial charge in [0.2, 0.25) is 0 Å². The van der Waals surface area contributed by atoms with Gasteiger partial charge in [-0.05, 0) is 27.7 Å². The Morgan fingerprint density at radius 2 is 1.12 bits per heavy atom. The van der Waals surface area contributed by atoms with Crippen molar-refractivity contribution < 1.29 is 19.8 Å². The van der Waals surface area contributed by atoms with E-state index in [1.54, 1.807) is 0 Å². The van der Waals surface area contributed by atoms with Crippen molar-refractivity contribution in [3.05, 3.63) is 0 Å². The Balaban J connectivity index is 4.25. The number of rotatable bonds is 6. The van der Waals surface area contributed by atoms with Gasteiger partial charge in [-0.3, -0.25) is 9.59 Å². The minimum Gasteiger partial charge on any atom is -0.481 e. The van der Waals surface area contributed by atoms with Gasteiger partial charge in [0.25, 0.3) is 0 Å². The van der Waals surface area contributed by atoms with Gasteiger partial charge in [0, 0.05) is 0 Å². The normalized spacial score (nSPS) is 13.0. The molecule has 0 unspecified atom stereocenters. The quantitative estimate of drug-likeness (QED) is 0.678. The van der Waals surface area contributed by atoms with Crippen molar-refractivity contribution in [2.45, 2.75) is 27.7 Å². The van der Waals surface area contributed by atoms with E-state index >= 15 is 0 Å². The molecule has 0 spiro atoms. The van der Waals surface area contributed by atoms with Crippen molar-refractivity contribution in [2.75, 3.05) is 13.1 Å². The summed E-state index contributed by atoms with van der Waals surface area (Å²) < 4.78 is 0. The first-order chi connectivity index (χ1) is 7.09. The third-order valence-corrected chi connectivity index (χ3v) is 2.19. The Labute approximate surface area is 94.4 Å². The summed E-state index contributed by atoms with van der Waals surface area (Å²) in [6.07, 6.45) is 0. The summed E-state index contributed by atoms with van der Waals surface area (Å²) in [5, 5.41) is 25.0. The zero-order valence-electron chi connectivity index (χ0n) is 10.0. The van der Waals surface area contributed by atoms with Gasteiger partial charge in [0.1, 0.15) is 0 Å². The minimum absolute atomic E-state index is 0.0397. The van der Waals surface area contributed by atoms with Crippen LogP contribution >= 0.6 is 0 Å². The maximum absolute atomic E-state index is 10.7. The van der Waals surface area contributed by atoms with Crippen LogP contribution < -0.4 is 0 Å². The second-order valence-electron chi connectivity index (χ2n) is 4.98. The number of nitrogens with zero attached hydrogens (tertiary/aromatic N) is 2. The first-order valence-corrected chi connectivity index (χ1v) is 4.90. The zero-order valence-corrected chi connectivity index (χ0v) is 10.0. The molecule has 0 aromatic rings. The van der Waals surface area contributed by atoms with Crippen LogP contribution in [0.25, 0.3) is 0 Å². The number of carboxylic acids is 2. The first-order valence-electron chi connectivity index (χ1n) is 4.90. The average molecular weight is 230 g/mol. The highest BCUT2D eigenvalue weighted by Gasteiger charge is 2.28. The average Bonchev–Trinajstić information content (AvgIpc) is 2.12. The third kappa shape index (κ3) is 4.37. The van der Waals surface area contributed by atoms with Crippen LogP contribution in [0.2, 0.25) is 0 Å². The molecule has 0 aliphatic carbocycles. The highest BCUT2D eigenvalue weighted by molar-refractivity contribution is 5.74. The second-order valence-corrected chi connectivity index (χ2v) is 4.98. The number of hydrogen-bond donors (Lipinski definition) is 2. The lowest BCUT2D eigenvalue weighted by Gasteiger charge is -2.16. The van der Waals surface area contributed by atoms with E-state index in [9.17, 15) is 9.59 Å². The number of carbonyl (C=O) groups is 2. The molecule has 6 heteroatoms. The van der Waals surface area contributed by atoms with E-state index in [0.29, 0.717) is 0 Å². The molecule has 0 rings (SSSR count). The molecule has 6 nitrogen and oxygen atoms in total. The van der Waals surface area contributed by atoms with Crippen LogP contribution in [0.5, 0.6) is 0 Å². The summed E-state index contributed by atoms with van der Waals surface area (Å²) in [5.41, 5.74) is -1.95. The van der Waals surface area contributed by atoms with Gasteiger partial charge in [-0.25, -0.2) is 0 Å². The molecule has 16 heavy (non-hydrogen) atoms. The lowest BCUT2D eigenvalue weighted by Crippen LogP contribution is -2.28. The topological polar surface area (TPSA) is 99.3 Å². The minimum atomic E-state index is -0.975. The van der Waals surface area contributed by atoms with Crippen molar-refractivity contribution in [3.63, 3.8) is 0 Å². The fraction of sp³-hybridized carbons (Fsp3) is 0.800. The Morgan fingerprint density at radius 3 is 1.31 bits per heavy atom.